The molecule has 0 amide bonds. The molecule has 0 aliphatic heterocycles. The summed E-state index contributed by atoms with van der Waals surface area (Å²) >= 11 is 0. The monoisotopic (exact) mass is 326 g/mol. The molecule has 1 aliphatic carbocycles. The predicted octanol–water partition coefficient (Wildman–Crippen LogP) is 7.98. The van der Waals surface area contributed by atoms with Crippen molar-refractivity contribution < 1.29 is 0 Å². The van der Waals surface area contributed by atoms with E-state index in [1.807, 2.05) is 0 Å². The minimum atomic E-state index is 0.318. The van der Waals surface area contributed by atoms with Crippen molar-refractivity contribution in [2.45, 2.75) is 67.7 Å². The average molecular weight is 327 g/mol. The van der Waals surface area contributed by atoms with Crippen LogP contribution in [0.1, 0.15) is 67.7 Å². The molecule has 24 heavy (non-hydrogen) atoms. The van der Waals surface area contributed by atoms with Crippen molar-refractivity contribution in [1.82, 2.24) is 0 Å². The smallest absolute Gasteiger partial charge is 0.0104 e. The van der Waals surface area contributed by atoms with Gasteiger partial charge in [-0.1, -0.05) is 75.3 Å². The molecular formula is C24H38. The Morgan fingerprint density at radius 1 is 1.17 bits per heavy atom. The molecule has 0 bridgehead atoms. The van der Waals surface area contributed by atoms with E-state index in [4.69, 9.17) is 0 Å². The molecule has 1 aliphatic rings. The van der Waals surface area contributed by atoms with E-state index >= 15 is 0 Å². The molecule has 0 N–H and O–H groups in total. The van der Waals surface area contributed by atoms with Crippen molar-refractivity contribution in [1.29, 1.82) is 0 Å². The van der Waals surface area contributed by atoms with Crippen LogP contribution in [0.15, 0.2) is 71.9 Å². The average Bonchev–Trinajstić information content (AvgIpc) is 2.53. The molecule has 0 heterocycles. The fraction of sp³-hybridized carbons (Fsp3) is 0.500. The molecule has 0 spiro atoms. The van der Waals surface area contributed by atoms with Gasteiger partial charge < -0.3 is 0 Å². The van der Waals surface area contributed by atoms with Gasteiger partial charge in [-0.2, -0.15) is 0 Å². The lowest BCUT2D eigenvalue weighted by atomic mass is 9.72. The maximum absolute atomic E-state index is 3.00. The van der Waals surface area contributed by atoms with Gasteiger partial charge in [0.1, 0.15) is 0 Å². The summed E-state index contributed by atoms with van der Waals surface area (Å²) < 4.78 is 0. The van der Waals surface area contributed by atoms with Crippen molar-refractivity contribution in [2.24, 2.45) is 11.3 Å². The lowest BCUT2D eigenvalue weighted by molar-refractivity contribution is 0.376. The van der Waals surface area contributed by atoms with E-state index in [1.165, 1.54) is 30.4 Å². The Balaban J connectivity index is 0.00000254. The van der Waals surface area contributed by atoms with E-state index in [1.54, 1.807) is 11.1 Å². The molecule has 134 valence electrons. The Hall–Kier alpha value is -1.56. The van der Waals surface area contributed by atoms with E-state index < -0.39 is 0 Å². The quantitative estimate of drug-likeness (QED) is 0.355. The first-order valence-electron chi connectivity index (χ1n) is 9.17. The van der Waals surface area contributed by atoms with Crippen LogP contribution in [0.4, 0.5) is 0 Å². The first-order valence-corrected chi connectivity index (χ1v) is 9.17. The summed E-state index contributed by atoms with van der Waals surface area (Å²) in [5.74, 6) is 0.541. The summed E-state index contributed by atoms with van der Waals surface area (Å²) in [6, 6.07) is 0. The van der Waals surface area contributed by atoms with Gasteiger partial charge in [-0.05, 0) is 62.5 Å². The summed E-state index contributed by atoms with van der Waals surface area (Å²) in [6.45, 7) is 21.8. The predicted molar refractivity (Wildman–Crippen MR) is 112 cm³/mol. The standard InChI is InChI=1S/C22H34.C2H4/c1-8-18(4)11-9-13-20(17(2)3)14-15-21-19(5)12-10-16-22(21,6)7;1-2/h8-9,11,13-15,17H,10,12,16H2,1-7H3;1-2H2/b11-9+,15-14+,18-8+,20-13+;. The molecular weight excluding hydrogens is 288 g/mol. The minimum Gasteiger partial charge on any atom is -0.106 e. The van der Waals surface area contributed by atoms with Crippen molar-refractivity contribution in [3.63, 3.8) is 0 Å². The highest BCUT2D eigenvalue weighted by Crippen LogP contribution is 2.40. The summed E-state index contributed by atoms with van der Waals surface area (Å²) in [6.07, 6.45) is 17.3. The molecule has 0 aromatic carbocycles. The molecule has 0 fully saturated rings. The second-order valence-corrected chi connectivity index (χ2v) is 7.48. The molecule has 0 saturated heterocycles. The number of hydrogen-bond acceptors (Lipinski definition) is 0. The largest absolute Gasteiger partial charge is 0.106 e. The Morgan fingerprint density at radius 2 is 1.79 bits per heavy atom. The zero-order valence-electron chi connectivity index (χ0n) is 17.1. The normalized spacial score (nSPS) is 19.2. The molecule has 0 unspecified atom stereocenters. The van der Waals surface area contributed by atoms with Crippen LogP contribution in [-0.4, -0.2) is 0 Å². The maximum Gasteiger partial charge on any atom is -0.0104 e. The van der Waals surface area contributed by atoms with Crippen molar-refractivity contribution >= 4 is 0 Å². The molecule has 0 aromatic heterocycles. The zero-order valence-corrected chi connectivity index (χ0v) is 17.1. The fourth-order valence-electron chi connectivity index (χ4n) is 3.04. The Bertz CT molecular complexity index is 530. The Labute approximate surface area is 151 Å². The zero-order chi connectivity index (χ0) is 18.8. The SMILES string of the molecule is C/C=C(C)/C=C/C=C(\C=C\C1=C(C)CCCC1(C)C)C(C)C.C=C. The first kappa shape index (κ1) is 22.4. The van der Waals surface area contributed by atoms with E-state index in [-0.39, 0.29) is 0 Å². The highest BCUT2D eigenvalue weighted by molar-refractivity contribution is 5.38. The lowest BCUT2D eigenvalue weighted by Crippen LogP contribution is -2.19. The van der Waals surface area contributed by atoms with Gasteiger partial charge in [0, 0.05) is 0 Å². The van der Waals surface area contributed by atoms with Crippen LogP contribution in [0.3, 0.4) is 0 Å². The number of rotatable bonds is 5. The van der Waals surface area contributed by atoms with Gasteiger partial charge in [-0.3, -0.25) is 0 Å². The molecule has 0 atom stereocenters. The van der Waals surface area contributed by atoms with Crippen molar-refractivity contribution in [2.75, 3.05) is 0 Å². The molecule has 0 heteroatoms. The summed E-state index contributed by atoms with van der Waals surface area (Å²) in [5, 5.41) is 0. The molecule has 0 saturated carbocycles. The summed E-state index contributed by atoms with van der Waals surface area (Å²) in [7, 11) is 0. The van der Waals surface area contributed by atoms with Gasteiger partial charge in [-0.15, -0.1) is 13.2 Å². The Kier molecular flexibility index (Phi) is 10.4. The van der Waals surface area contributed by atoms with Crippen molar-refractivity contribution in [3.8, 4) is 0 Å². The van der Waals surface area contributed by atoms with Crippen LogP contribution in [0, 0.1) is 11.3 Å². The van der Waals surface area contributed by atoms with Crippen LogP contribution in [0.25, 0.3) is 0 Å². The minimum absolute atomic E-state index is 0.318. The fourth-order valence-corrected chi connectivity index (χ4v) is 3.04. The highest BCUT2D eigenvalue weighted by atomic mass is 14.3. The van der Waals surface area contributed by atoms with Gasteiger partial charge in [0.15, 0.2) is 0 Å². The first-order chi connectivity index (χ1) is 11.3. The Morgan fingerprint density at radius 3 is 2.29 bits per heavy atom. The van der Waals surface area contributed by atoms with E-state index in [2.05, 4.69) is 98.1 Å². The molecule has 0 radical (unpaired) electrons. The van der Waals surface area contributed by atoms with Gasteiger partial charge in [0.2, 0.25) is 0 Å². The summed E-state index contributed by atoms with van der Waals surface area (Å²) in [4.78, 5) is 0. The lowest BCUT2D eigenvalue weighted by Gasteiger charge is -2.33. The molecule has 0 aromatic rings. The van der Waals surface area contributed by atoms with Gasteiger partial charge in [0.05, 0.1) is 0 Å². The maximum atomic E-state index is 3.00. The van der Waals surface area contributed by atoms with Crippen LogP contribution < -0.4 is 0 Å². The topological polar surface area (TPSA) is 0 Å². The van der Waals surface area contributed by atoms with Crippen molar-refractivity contribution in [3.05, 3.63) is 71.9 Å². The number of hydrogen-bond donors (Lipinski definition) is 0. The van der Waals surface area contributed by atoms with E-state index in [0.29, 0.717) is 11.3 Å². The summed E-state index contributed by atoms with van der Waals surface area (Å²) in [5.41, 5.74) is 6.12. The number of allylic oxidation sites excluding steroid dienone is 10. The van der Waals surface area contributed by atoms with Gasteiger partial charge >= 0.3 is 0 Å². The third-order valence-electron chi connectivity index (χ3n) is 4.75. The van der Waals surface area contributed by atoms with Crippen LogP contribution in [0.2, 0.25) is 0 Å². The third-order valence-corrected chi connectivity index (χ3v) is 4.75. The third kappa shape index (κ3) is 7.34. The van der Waals surface area contributed by atoms with E-state index in [9.17, 15) is 0 Å². The van der Waals surface area contributed by atoms with E-state index in [0.717, 1.165) is 0 Å². The van der Waals surface area contributed by atoms with Crippen LogP contribution >= 0.6 is 0 Å². The van der Waals surface area contributed by atoms with Gasteiger partial charge in [-0.25, -0.2) is 0 Å². The van der Waals surface area contributed by atoms with Gasteiger partial charge in [0.25, 0.3) is 0 Å². The second-order valence-electron chi connectivity index (χ2n) is 7.48. The molecule has 0 nitrogen and oxygen atoms in total. The highest BCUT2D eigenvalue weighted by Gasteiger charge is 2.26. The molecule has 1 rings (SSSR count). The van der Waals surface area contributed by atoms with Crippen LogP contribution in [0.5, 0.6) is 0 Å². The second kappa shape index (κ2) is 11.1. The van der Waals surface area contributed by atoms with Crippen LogP contribution in [-0.2, 0) is 0 Å².